The second kappa shape index (κ2) is 5.55. The summed E-state index contributed by atoms with van der Waals surface area (Å²) in [5.41, 5.74) is 2.11. The SMILES string of the molecule is C=Cc1ccc(CS(=O)c2ccccn2)cc1. The van der Waals surface area contributed by atoms with E-state index in [2.05, 4.69) is 11.6 Å². The third-order valence-corrected chi connectivity index (χ3v) is 3.69. The molecule has 1 unspecified atom stereocenters. The maximum Gasteiger partial charge on any atom is 0.127 e. The van der Waals surface area contributed by atoms with Crippen LogP contribution in [0, 0.1) is 0 Å². The molecule has 1 aromatic carbocycles. The summed E-state index contributed by atoms with van der Waals surface area (Å²) in [6.45, 7) is 3.70. The van der Waals surface area contributed by atoms with Crippen molar-refractivity contribution in [3.63, 3.8) is 0 Å². The maximum absolute atomic E-state index is 12.0. The van der Waals surface area contributed by atoms with Crippen molar-refractivity contribution in [1.29, 1.82) is 0 Å². The molecule has 1 heterocycles. The van der Waals surface area contributed by atoms with Gasteiger partial charge in [-0.15, -0.1) is 0 Å². The smallest absolute Gasteiger partial charge is 0.127 e. The summed E-state index contributed by atoms with van der Waals surface area (Å²) in [5, 5.41) is 0.625. The molecule has 0 radical (unpaired) electrons. The van der Waals surface area contributed by atoms with Crippen LogP contribution in [0.1, 0.15) is 11.1 Å². The van der Waals surface area contributed by atoms with Crippen LogP contribution in [0.15, 0.2) is 60.3 Å². The minimum atomic E-state index is -1.08. The summed E-state index contributed by atoms with van der Waals surface area (Å²) >= 11 is 0. The van der Waals surface area contributed by atoms with Crippen LogP contribution in [-0.2, 0) is 16.6 Å². The van der Waals surface area contributed by atoms with E-state index in [0.29, 0.717) is 10.8 Å². The third kappa shape index (κ3) is 3.11. The third-order valence-electron chi connectivity index (χ3n) is 2.38. The van der Waals surface area contributed by atoms with E-state index in [4.69, 9.17) is 0 Å². The van der Waals surface area contributed by atoms with Crippen molar-refractivity contribution >= 4 is 16.9 Å². The van der Waals surface area contributed by atoms with Crippen LogP contribution >= 0.6 is 0 Å². The largest absolute Gasteiger partial charge is 0.252 e. The Morgan fingerprint density at radius 1 is 1.18 bits per heavy atom. The van der Waals surface area contributed by atoms with E-state index < -0.39 is 10.8 Å². The zero-order valence-electron chi connectivity index (χ0n) is 9.37. The normalized spacial score (nSPS) is 12.0. The van der Waals surface area contributed by atoms with Crippen LogP contribution in [0.5, 0.6) is 0 Å². The van der Waals surface area contributed by atoms with Gasteiger partial charge in [-0.3, -0.25) is 4.21 Å². The van der Waals surface area contributed by atoms with E-state index in [1.165, 1.54) is 0 Å². The Morgan fingerprint density at radius 2 is 1.94 bits per heavy atom. The fourth-order valence-corrected chi connectivity index (χ4v) is 2.51. The van der Waals surface area contributed by atoms with Gasteiger partial charge in [-0.1, -0.05) is 43.0 Å². The molecule has 2 nitrogen and oxygen atoms in total. The first kappa shape index (κ1) is 11.7. The molecule has 2 rings (SSSR count). The molecule has 0 spiro atoms. The van der Waals surface area contributed by atoms with Gasteiger partial charge in [0.2, 0.25) is 0 Å². The topological polar surface area (TPSA) is 30.0 Å². The molecule has 1 aromatic heterocycles. The lowest BCUT2D eigenvalue weighted by Crippen LogP contribution is -1.98. The van der Waals surface area contributed by atoms with Gasteiger partial charge in [0.1, 0.15) is 5.03 Å². The highest BCUT2D eigenvalue weighted by Crippen LogP contribution is 2.11. The Labute approximate surface area is 103 Å². The maximum atomic E-state index is 12.0. The lowest BCUT2D eigenvalue weighted by atomic mass is 10.1. The van der Waals surface area contributed by atoms with Crippen LogP contribution < -0.4 is 0 Å². The minimum absolute atomic E-state index is 0.494. The van der Waals surface area contributed by atoms with Crippen molar-refractivity contribution in [3.8, 4) is 0 Å². The highest BCUT2D eigenvalue weighted by atomic mass is 32.2. The van der Waals surface area contributed by atoms with Crippen LogP contribution in [-0.4, -0.2) is 9.19 Å². The summed E-state index contributed by atoms with van der Waals surface area (Å²) in [6, 6.07) is 13.3. The summed E-state index contributed by atoms with van der Waals surface area (Å²) in [7, 11) is -1.08. The fraction of sp³-hybridized carbons (Fsp3) is 0.0714. The Balaban J connectivity index is 2.10. The van der Waals surface area contributed by atoms with E-state index in [9.17, 15) is 4.21 Å². The van der Waals surface area contributed by atoms with Crippen LogP contribution in [0.2, 0.25) is 0 Å². The number of nitrogens with zero attached hydrogens (tertiary/aromatic N) is 1. The molecule has 0 saturated heterocycles. The molecule has 2 aromatic rings. The molecule has 3 heteroatoms. The number of pyridine rings is 1. The molecule has 0 saturated carbocycles. The number of aromatic nitrogens is 1. The highest BCUT2D eigenvalue weighted by molar-refractivity contribution is 7.84. The molecule has 0 fully saturated rings. The van der Waals surface area contributed by atoms with Crippen molar-refractivity contribution in [3.05, 3.63) is 66.4 Å². The lowest BCUT2D eigenvalue weighted by Gasteiger charge is -2.02. The molecule has 17 heavy (non-hydrogen) atoms. The summed E-state index contributed by atoms with van der Waals surface area (Å²) in [5.74, 6) is 0.494. The summed E-state index contributed by atoms with van der Waals surface area (Å²) in [6.07, 6.45) is 3.45. The number of rotatable bonds is 4. The van der Waals surface area contributed by atoms with Gasteiger partial charge in [0.25, 0.3) is 0 Å². The van der Waals surface area contributed by atoms with E-state index >= 15 is 0 Å². The standard InChI is InChI=1S/C14H13NOS/c1-2-12-6-8-13(9-7-12)11-17(16)14-5-3-4-10-15-14/h2-10H,1,11H2. The predicted octanol–water partition coefficient (Wildman–Crippen LogP) is 3.03. The first-order chi connectivity index (χ1) is 8.29. The van der Waals surface area contributed by atoms with Crippen molar-refractivity contribution in [2.45, 2.75) is 10.8 Å². The monoisotopic (exact) mass is 243 g/mol. The van der Waals surface area contributed by atoms with Gasteiger partial charge in [-0.2, -0.15) is 0 Å². The van der Waals surface area contributed by atoms with E-state index in [0.717, 1.165) is 11.1 Å². The van der Waals surface area contributed by atoms with Crippen molar-refractivity contribution < 1.29 is 4.21 Å². The predicted molar refractivity (Wildman–Crippen MR) is 70.9 cm³/mol. The van der Waals surface area contributed by atoms with Gasteiger partial charge in [0.15, 0.2) is 0 Å². The molecule has 1 atom stereocenters. The Kier molecular flexibility index (Phi) is 3.83. The highest BCUT2D eigenvalue weighted by Gasteiger charge is 2.05. The average Bonchev–Trinajstić information content (AvgIpc) is 2.40. The fourth-order valence-electron chi connectivity index (χ4n) is 1.46. The van der Waals surface area contributed by atoms with Gasteiger partial charge < -0.3 is 0 Å². The Hall–Kier alpha value is -1.74. The second-order valence-electron chi connectivity index (χ2n) is 3.60. The van der Waals surface area contributed by atoms with Crippen LogP contribution in [0.4, 0.5) is 0 Å². The zero-order chi connectivity index (χ0) is 12.1. The Morgan fingerprint density at radius 3 is 2.53 bits per heavy atom. The molecule has 0 N–H and O–H groups in total. The molecule has 0 amide bonds. The molecule has 0 aliphatic heterocycles. The molecular formula is C14H13NOS. The van der Waals surface area contributed by atoms with E-state index in [1.54, 1.807) is 18.3 Å². The van der Waals surface area contributed by atoms with E-state index in [1.807, 2.05) is 36.4 Å². The van der Waals surface area contributed by atoms with E-state index in [-0.39, 0.29) is 0 Å². The molecular weight excluding hydrogens is 230 g/mol. The van der Waals surface area contributed by atoms with Gasteiger partial charge in [0.05, 0.1) is 16.6 Å². The van der Waals surface area contributed by atoms with Gasteiger partial charge >= 0.3 is 0 Å². The second-order valence-corrected chi connectivity index (χ2v) is 5.00. The molecule has 0 aliphatic rings. The van der Waals surface area contributed by atoms with Gasteiger partial charge in [-0.05, 0) is 23.3 Å². The zero-order valence-corrected chi connectivity index (χ0v) is 10.2. The van der Waals surface area contributed by atoms with Crippen LogP contribution in [0.3, 0.4) is 0 Å². The van der Waals surface area contributed by atoms with Crippen molar-refractivity contribution in [2.75, 3.05) is 0 Å². The molecule has 86 valence electrons. The first-order valence-electron chi connectivity index (χ1n) is 5.30. The van der Waals surface area contributed by atoms with Crippen LogP contribution in [0.25, 0.3) is 6.08 Å². The van der Waals surface area contributed by atoms with Gasteiger partial charge in [0, 0.05) is 6.20 Å². The number of hydrogen-bond acceptors (Lipinski definition) is 2. The average molecular weight is 243 g/mol. The minimum Gasteiger partial charge on any atom is -0.252 e. The Bertz CT molecular complexity index is 520. The lowest BCUT2D eigenvalue weighted by molar-refractivity contribution is 0.680. The van der Waals surface area contributed by atoms with Crippen molar-refractivity contribution in [1.82, 2.24) is 4.98 Å². The molecule has 0 aliphatic carbocycles. The van der Waals surface area contributed by atoms with Gasteiger partial charge in [-0.25, -0.2) is 4.98 Å². The number of benzene rings is 1. The quantitative estimate of drug-likeness (QED) is 0.826. The summed E-state index contributed by atoms with van der Waals surface area (Å²) in [4.78, 5) is 4.09. The first-order valence-corrected chi connectivity index (χ1v) is 6.62. The van der Waals surface area contributed by atoms with Crippen molar-refractivity contribution in [2.24, 2.45) is 0 Å². The summed E-state index contributed by atoms with van der Waals surface area (Å²) < 4.78 is 12.0. The number of hydrogen-bond donors (Lipinski definition) is 0. The molecule has 0 bridgehead atoms.